The van der Waals surface area contributed by atoms with Gasteiger partial charge in [0.1, 0.15) is 0 Å². The van der Waals surface area contributed by atoms with E-state index in [1.165, 1.54) is 12.8 Å². The van der Waals surface area contributed by atoms with Crippen LogP contribution in [0.2, 0.25) is 0 Å². The fourth-order valence-corrected chi connectivity index (χ4v) is 2.88. The van der Waals surface area contributed by atoms with Gasteiger partial charge in [-0.05, 0) is 32.1 Å². The Labute approximate surface area is 103 Å². The summed E-state index contributed by atoms with van der Waals surface area (Å²) in [5.41, 5.74) is 0. The Balaban J connectivity index is 1.55. The monoisotopic (exact) mass is 240 g/mol. The lowest BCUT2D eigenvalue weighted by Gasteiger charge is -2.19. The lowest BCUT2D eigenvalue weighted by atomic mass is 9.88. The Morgan fingerprint density at radius 2 is 2.29 bits per heavy atom. The summed E-state index contributed by atoms with van der Waals surface area (Å²) in [6.07, 6.45) is 5.42. The molecule has 2 heterocycles. The summed E-state index contributed by atoms with van der Waals surface area (Å²) < 4.78 is 5.38. The SMILES string of the molecule is CCCOCCCNC(=O)C1CC2CCC1N2. The quantitative estimate of drug-likeness (QED) is 0.654. The van der Waals surface area contributed by atoms with Crippen LogP contribution in [-0.2, 0) is 9.53 Å². The molecule has 2 bridgehead atoms. The van der Waals surface area contributed by atoms with Gasteiger partial charge in [0, 0.05) is 31.8 Å². The van der Waals surface area contributed by atoms with Gasteiger partial charge in [-0.25, -0.2) is 0 Å². The molecule has 3 atom stereocenters. The van der Waals surface area contributed by atoms with E-state index in [1.54, 1.807) is 0 Å². The van der Waals surface area contributed by atoms with Crippen LogP contribution >= 0.6 is 0 Å². The number of ether oxygens (including phenoxy) is 1. The molecule has 3 unspecified atom stereocenters. The van der Waals surface area contributed by atoms with Crippen molar-refractivity contribution in [2.45, 2.75) is 51.1 Å². The zero-order valence-electron chi connectivity index (χ0n) is 10.7. The summed E-state index contributed by atoms with van der Waals surface area (Å²) in [5, 5.41) is 6.52. The molecule has 0 radical (unpaired) electrons. The highest BCUT2D eigenvalue weighted by Gasteiger charge is 2.42. The number of carbonyl (C=O) groups is 1. The minimum Gasteiger partial charge on any atom is -0.381 e. The zero-order chi connectivity index (χ0) is 12.1. The minimum atomic E-state index is 0.213. The molecular weight excluding hydrogens is 216 g/mol. The third-order valence-electron chi connectivity index (χ3n) is 3.75. The first-order valence-corrected chi connectivity index (χ1v) is 6.92. The number of hydrogen-bond acceptors (Lipinski definition) is 3. The van der Waals surface area contributed by atoms with E-state index in [-0.39, 0.29) is 11.8 Å². The van der Waals surface area contributed by atoms with Crippen molar-refractivity contribution in [3.05, 3.63) is 0 Å². The predicted molar refractivity (Wildman–Crippen MR) is 66.8 cm³/mol. The average molecular weight is 240 g/mol. The second kappa shape index (κ2) is 6.36. The van der Waals surface area contributed by atoms with Gasteiger partial charge in [0.2, 0.25) is 5.91 Å². The second-order valence-corrected chi connectivity index (χ2v) is 5.15. The molecule has 1 amide bonds. The molecule has 2 N–H and O–H groups in total. The van der Waals surface area contributed by atoms with E-state index in [1.807, 2.05) is 0 Å². The van der Waals surface area contributed by atoms with Crippen LogP contribution in [0.15, 0.2) is 0 Å². The molecule has 2 saturated heterocycles. The first kappa shape index (κ1) is 12.8. The number of nitrogens with one attached hydrogen (secondary N) is 2. The van der Waals surface area contributed by atoms with Gasteiger partial charge in [-0.2, -0.15) is 0 Å². The van der Waals surface area contributed by atoms with Gasteiger partial charge in [0.25, 0.3) is 0 Å². The van der Waals surface area contributed by atoms with E-state index in [9.17, 15) is 4.79 Å². The Morgan fingerprint density at radius 3 is 2.94 bits per heavy atom. The predicted octanol–water partition coefficient (Wildman–Crippen LogP) is 1.06. The van der Waals surface area contributed by atoms with E-state index in [2.05, 4.69) is 17.6 Å². The van der Waals surface area contributed by atoms with Crippen LogP contribution in [0.4, 0.5) is 0 Å². The van der Waals surface area contributed by atoms with Gasteiger partial charge >= 0.3 is 0 Å². The fraction of sp³-hybridized carbons (Fsp3) is 0.923. The van der Waals surface area contributed by atoms with Crippen molar-refractivity contribution in [3.8, 4) is 0 Å². The molecule has 0 saturated carbocycles. The lowest BCUT2D eigenvalue weighted by Crippen LogP contribution is -2.38. The summed E-state index contributed by atoms with van der Waals surface area (Å²) in [7, 11) is 0. The van der Waals surface area contributed by atoms with Crippen molar-refractivity contribution in [2.24, 2.45) is 5.92 Å². The molecule has 2 rings (SSSR count). The molecule has 4 nitrogen and oxygen atoms in total. The fourth-order valence-electron chi connectivity index (χ4n) is 2.88. The third kappa shape index (κ3) is 3.42. The van der Waals surface area contributed by atoms with Gasteiger partial charge in [-0.1, -0.05) is 6.92 Å². The second-order valence-electron chi connectivity index (χ2n) is 5.15. The summed E-state index contributed by atoms with van der Waals surface area (Å²) in [5.74, 6) is 0.450. The molecule has 2 aliphatic heterocycles. The van der Waals surface area contributed by atoms with Gasteiger partial charge in [-0.3, -0.25) is 4.79 Å². The number of carbonyl (C=O) groups excluding carboxylic acids is 1. The summed E-state index contributed by atoms with van der Waals surface area (Å²) in [4.78, 5) is 11.9. The maximum atomic E-state index is 11.9. The van der Waals surface area contributed by atoms with Gasteiger partial charge < -0.3 is 15.4 Å². The Morgan fingerprint density at radius 1 is 1.41 bits per heavy atom. The molecular formula is C13H24N2O2. The van der Waals surface area contributed by atoms with E-state index < -0.39 is 0 Å². The van der Waals surface area contributed by atoms with Gasteiger partial charge in [-0.15, -0.1) is 0 Å². The molecule has 0 aromatic heterocycles. The van der Waals surface area contributed by atoms with Crippen LogP contribution in [0.5, 0.6) is 0 Å². The van der Waals surface area contributed by atoms with E-state index in [0.29, 0.717) is 12.1 Å². The highest BCUT2D eigenvalue weighted by Crippen LogP contribution is 2.33. The standard InChI is InChI=1S/C13H24N2O2/c1-2-7-17-8-3-6-14-13(16)11-9-10-4-5-12(11)15-10/h10-12,15H,2-9H2,1H3,(H,14,16). The molecule has 98 valence electrons. The molecule has 0 aliphatic carbocycles. The molecule has 0 aromatic rings. The Kier molecular flexibility index (Phi) is 4.80. The number of amides is 1. The molecule has 2 aliphatic rings. The van der Waals surface area contributed by atoms with Crippen molar-refractivity contribution < 1.29 is 9.53 Å². The molecule has 4 heteroatoms. The maximum Gasteiger partial charge on any atom is 0.224 e. The Bertz CT molecular complexity index is 258. The zero-order valence-corrected chi connectivity index (χ0v) is 10.7. The first-order chi connectivity index (χ1) is 8.31. The van der Waals surface area contributed by atoms with E-state index >= 15 is 0 Å². The van der Waals surface area contributed by atoms with Crippen molar-refractivity contribution in [1.29, 1.82) is 0 Å². The van der Waals surface area contributed by atoms with Crippen molar-refractivity contribution >= 4 is 5.91 Å². The van der Waals surface area contributed by atoms with Crippen LogP contribution in [0.3, 0.4) is 0 Å². The van der Waals surface area contributed by atoms with Crippen molar-refractivity contribution in [2.75, 3.05) is 19.8 Å². The molecule has 17 heavy (non-hydrogen) atoms. The summed E-state index contributed by atoms with van der Waals surface area (Å²) >= 11 is 0. The minimum absolute atomic E-state index is 0.213. The Hall–Kier alpha value is -0.610. The molecule has 2 fully saturated rings. The normalized spacial score (nSPS) is 30.8. The third-order valence-corrected chi connectivity index (χ3v) is 3.75. The summed E-state index contributed by atoms with van der Waals surface area (Å²) in [6.45, 7) is 4.42. The van der Waals surface area contributed by atoms with Gasteiger partial charge in [0.15, 0.2) is 0 Å². The smallest absolute Gasteiger partial charge is 0.224 e. The van der Waals surface area contributed by atoms with Crippen LogP contribution in [0.1, 0.15) is 39.0 Å². The van der Waals surface area contributed by atoms with Crippen molar-refractivity contribution in [1.82, 2.24) is 10.6 Å². The molecule has 0 spiro atoms. The van der Waals surface area contributed by atoms with Crippen LogP contribution in [0.25, 0.3) is 0 Å². The van der Waals surface area contributed by atoms with E-state index in [0.717, 1.165) is 39.0 Å². The first-order valence-electron chi connectivity index (χ1n) is 6.92. The highest BCUT2D eigenvalue weighted by atomic mass is 16.5. The molecule has 0 aromatic carbocycles. The van der Waals surface area contributed by atoms with Crippen LogP contribution in [-0.4, -0.2) is 37.7 Å². The van der Waals surface area contributed by atoms with Crippen molar-refractivity contribution in [3.63, 3.8) is 0 Å². The topological polar surface area (TPSA) is 50.4 Å². The highest BCUT2D eigenvalue weighted by molar-refractivity contribution is 5.80. The number of hydrogen-bond donors (Lipinski definition) is 2. The average Bonchev–Trinajstić information content (AvgIpc) is 2.95. The number of rotatable bonds is 7. The maximum absolute atomic E-state index is 11.9. The summed E-state index contributed by atoms with van der Waals surface area (Å²) in [6, 6.07) is 1.04. The van der Waals surface area contributed by atoms with Crippen LogP contribution < -0.4 is 10.6 Å². The number of fused-ring (bicyclic) bond motifs is 2. The van der Waals surface area contributed by atoms with E-state index in [4.69, 9.17) is 4.74 Å². The van der Waals surface area contributed by atoms with Gasteiger partial charge in [0.05, 0.1) is 5.92 Å². The van der Waals surface area contributed by atoms with Crippen LogP contribution in [0, 0.1) is 5.92 Å². The largest absolute Gasteiger partial charge is 0.381 e. The lowest BCUT2D eigenvalue weighted by molar-refractivity contribution is -0.125.